The molecule has 0 atom stereocenters. The van der Waals surface area contributed by atoms with Crippen LogP contribution in [-0.2, 0) is 6.61 Å². The number of carboxylic acids is 1. The molecule has 2 rings (SSSR count). The lowest BCUT2D eigenvalue weighted by Gasteiger charge is -2.11. The molecule has 0 bridgehead atoms. The molecule has 0 aliphatic rings. The minimum atomic E-state index is -1.11. The van der Waals surface area contributed by atoms with Gasteiger partial charge in [0.05, 0.1) is 12.1 Å². The number of benzene rings is 2. The number of aromatic carboxylic acids is 1. The van der Waals surface area contributed by atoms with Crippen molar-refractivity contribution in [1.82, 2.24) is 0 Å². The highest BCUT2D eigenvalue weighted by Crippen LogP contribution is 2.26. The summed E-state index contributed by atoms with van der Waals surface area (Å²) in [5.41, 5.74) is 0.643. The Morgan fingerprint density at radius 2 is 2.05 bits per heavy atom. The Morgan fingerprint density at radius 3 is 2.67 bits per heavy atom. The average Bonchev–Trinajstić information content (AvgIpc) is 2.48. The number of carbonyl (C=O) groups is 1. The minimum Gasteiger partial charge on any atom is -0.497 e. The number of hydrogen-bond donors (Lipinski definition) is 1. The van der Waals surface area contributed by atoms with E-state index in [0.29, 0.717) is 11.3 Å². The predicted octanol–water partition coefficient (Wildman–Crippen LogP) is 3.76. The van der Waals surface area contributed by atoms with Crippen LogP contribution in [0.1, 0.15) is 15.9 Å². The fourth-order valence-electron chi connectivity index (χ4n) is 1.72. The number of halogens is 2. The highest BCUT2D eigenvalue weighted by Gasteiger charge is 2.13. The molecule has 0 saturated carbocycles. The molecule has 1 N–H and O–H groups in total. The van der Waals surface area contributed by atoms with Crippen LogP contribution < -0.4 is 9.47 Å². The normalized spacial score (nSPS) is 10.2. The summed E-state index contributed by atoms with van der Waals surface area (Å²) in [6, 6.07) is 8.58. The molecule has 110 valence electrons. The summed E-state index contributed by atoms with van der Waals surface area (Å²) in [4.78, 5) is 11.1. The van der Waals surface area contributed by atoms with Gasteiger partial charge in [-0.1, -0.05) is 17.7 Å². The highest BCUT2D eigenvalue weighted by atomic mass is 35.5. The van der Waals surface area contributed by atoms with Crippen LogP contribution in [-0.4, -0.2) is 18.2 Å². The van der Waals surface area contributed by atoms with Crippen LogP contribution in [0.5, 0.6) is 11.5 Å². The molecule has 0 saturated heterocycles. The number of ether oxygens (including phenoxy) is 2. The second-order valence-corrected chi connectivity index (χ2v) is 4.61. The predicted molar refractivity (Wildman–Crippen MR) is 75.7 cm³/mol. The molecule has 0 fully saturated rings. The summed E-state index contributed by atoms with van der Waals surface area (Å²) in [5, 5.41) is 9.10. The van der Waals surface area contributed by atoms with E-state index in [1.54, 1.807) is 0 Å². The first-order valence-electron chi connectivity index (χ1n) is 5.99. The van der Waals surface area contributed by atoms with Crippen molar-refractivity contribution in [2.75, 3.05) is 7.11 Å². The van der Waals surface area contributed by atoms with Crippen LogP contribution in [0.4, 0.5) is 4.39 Å². The lowest BCUT2D eigenvalue weighted by atomic mass is 10.2. The summed E-state index contributed by atoms with van der Waals surface area (Å²) in [7, 11) is 1.47. The Morgan fingerprint density at radius 1 is 1.29 bits per heavy atom. The monoisotopic (exact) mass is 310 g/mol. The smallest absolute Gasteiger partial charge is 0.339 e. The lowest BCUT2D eigenvalue weighted by Crippen LogP contribution is -2.04. The van der Waals surface area contributed by atoms with Gasteiger partial charge in [-0.3, -0.25) is 0 Å². The maximum absolute atomic E-state index is 13.1. The van der Waals surface area contributed by atoms with Crippen molar-refractivity contribution < 1.29 is 23.8 Å². The molecular formula is C15H12ClFO4. The van der Waals surface area contributed by atoms with E-state index >= 15 is 0 Å². The van der Waals surface area contributed by atoms with E-state index in [-0.39, 0.29) is 22.9 Å². The molecule has 2 aromatic rings. The summed E-state index contributed by atoms with van der Waals surface area (Å²) < 4.78 is 23.6. The Kier molecular flexibility index (Phi) is 4.65. The zero-order valence-electron chi connectivity index (χ0n) is 11.1. The van der Waals surface area contributed by atoms with Gasteiger partial charge in [-0.25, -0.2) is 9.18 Å². The molecule has 0 radical (unpaired) electrons. The zero-order chi connectivity index (χ0) is 15.4. The third-order valence-electron chi connectivity index (χ3n) is 2.80. The van der Waals surface area contributed by atoms with Crippen LogP contribution in [0.25, 0.3) is 0 Å². The molecule has 4 nitrogen and oxygen atoms in total. The van der Waals surface area contributed by atoms with Gasteiger partial charge in [0, 0.05) is 6.07 Å². The minimum absolute atomic E-state index is 0.0137. The maximum Gasteiger partial charge on any atom is 0.339 e. The first kappa shape index (κ1) is 15.1. The Hall–Kier alpha value is -2.27. The van der Waals surface area contributed by atoms with Crippen molar-refractivity contribution in [3.8, 4) is 11.5 Å². The van der Waals surface area contributed by atoms with Crippen LogP contribution in [0.3, 0.4) is 0 Å². The van der Waals surface area contributed by atoms with Gasteiger partial charge in [0.1, 0.15) is 29.5 Å². The van der Waals surface area contributed by atoms with E-state index in [2.05, 4.69) is 0 Å². The van der Waals surface area contributed by atoms with E-state index in [4.69, 9.17) is 26.2 Å². The fourth-order valence-corrected chi connectivity index (χ4v) is 1.92. The van der Waals surface area contributed by atoms with E-state index in [1.807, 2.05) is 0 Å². The summed E-state index contributed by atoms with van der Waals surface area (Å²) in [5.74, 6) is -0.979. The molecule has 6 heteroatoms. The van der Waals surface area contributed by atoms with Gasteiger partial charge in [0.25, 0.3) is 0 Å². The van der Waals surface area contributed by atoms with Gasteiger partial charge in [-0.15, -0.1) is 0 Å². The van der Waals surface area contributed by atoms with Crippen molar-refractivity contribution in [1.29, 1.82) is 0 Å². The molecule has 0 heterocycles. The summed E-state index contributed by atoms with van der Waals surface area (Å²) in [6.45, 7) is 0.0629. The summed E-state index contributed by atoms with van der Waals surface area (Å²) >= 11 is 5.68. The average molecular weight is 311 g/mol. The van der Waals surface area contributed by atoms with E-state index in [9.17, 15) is 9.18 Å². The van der Waals surface area contributed by atoms with Crippen molar-refractivity contribution in [2.45, 2.75) is 6.61 Å². The number of carboxylic acid groups (broad SMARTS) is 1. The van der Waals surface area contributed by atoms with Gasteiger partial charge in [0.2, 0.25) is 0 Å². The quantitative estimate of drug-likeness (QED) is 0.913. The van der Waals surface area contributed by atoms with Gasteiger partial charge in [-0.05, 0) is 29.8 Å². The van der Waals surface area contributed by atoms with Gasteiger partial charge in [-0.2, -0.15) is 0 Å². The summed E-state index contributed by atoms with van der Waals surface area (Å²) in [6.07, 6.45) is 0. The first-order valence-corrected chi connectivity index (χ1v) is 6.37. The fraction of sp³-hybridized carbons (Fsp3) is 0.133. The van der Waals surface area contributed by atoms with E-state index in [1.165, 1.54) is 43.5 Å². The largest absolute Gasteiger partial charge is 0.497 e. The van der Waals surface area contributed by atoms with Crippen LogP contribution in [0.2, 0.25) is 5.02 Å². The Balaban J connectivity index is 2.21. The maximum atomic E-state index is 13.1. The topological polar surface area (TPSA) is 55.8 Å². The lowest BCUT2D eigenvalue weighted by molar-refractivity contribution is 0.0691. The molecule has 0 spiro atoms. The molecule has 0 aromatic heterocycles. The zero-order valence-corrected chi connectivity index (χ0v) is 11.9. The molecule has 0 unspecified atom stereocenters. The van der Waals surface area contributed by atoms with Gasteiger partial charge in [0.15, 0.2) is 0 Å². The van der Waals surface area contributed by atoms with Crippen molar-refractivity contribution in [2.24, 2.45) is 0 Å². The van der Waals surface area contributed by atoms with Crippen molar-refractivity contribution in [3.63, 3.8) is 0 Å². The molecule has 0 aliphatic heterocycles. The molecule has 0 aliphatic carbocycles. The second-order valence-electron chi connectivity index (χ2n) is 4.20. The molecule has 0 amide bonds. The molecule has 2 aromatic carbocycles. The third-order valence-corrected chi connectivity index (χ3v) is 3.09. The van der Waals surface area contributed by atoms with Crippen molar-refractivity contribution in [3.05, 3.63) is 58.4 Å². The first-order chi connectivity index (χ1) is 10.0. The van der Waals surface area contributed by atoms with Gasteiger partial charge < -0.3 is 14.6 Å². The van der Waals surface area contributed by atoms with Crippen LogP contribution >= 0.6 is 11.6 Å². The van der Waals surface area contributed by atoms with Crippen LogP contribution in [0, 0.1) is 5.82 Å². The number of methoxy groups -OCH3 is 1. The SMILES string of the molecule is COc1ccc(C(=O)O)c(OCc2ccc(F)c(Cl)c2)c1. The standard InChI is InChI=1S/C15H12ClFO4/c1-20-10-3-4-11(15(18)19)14(7-10)21-8-9-2-5-13(17)12(16)6-9/h2-7H,8H2,1H3,(H,18,19). The molecule has 21 heavy (non-hydrogen) atoms. The van der Waals surface area contributed by atoms with E-state index in [0.717, 1.165) is 0 Å². The Labute approximate surface area is 125 Å². The Bertz CT molecular complexity index is 673. The van der Waals surface area contributed by atoms with Crippen LogP contribution in [0.15, 0.2) is 36.4 Å². The third kappa shape index (κ3) is 3.64. The molecular weight excluding hydrogens is 299 g/mol. The van der Waals surface area contributed by atoms with Crippen molar-refractivity contribution >= 4 is 17.6 Å². The highest BCUT2D eigenvalue weighted by molar-refractivity contribution is 6.30. The second kappa shape index (κ2) is 6.45. The van der Waals surface area contributed by atoms with Gasteiger partial charge >= 0.3 is 5.97 Å². The van der Waals surface area contributed by atoms with E-state index < -0.39 is 11.8 Å². The number of rotatable bonds is 5. The number of hydrogen-bond acceptors (Lipinski definition) is 3.